The van der Waals surface area contributed by atoms with Gasteiger partial charge in [0.1, 0.15) is 0 Å². The van der Waals surface area contributed by atoms with Gasteiger partial charge in [0.05, 0.1) is 0 Å². The smallest absolute Gasteiger partial charge is 0.166 e. The summed E-state index contributed by atoms with van der Waals surface area (Å²) < 4.78 is 0. The number of ketones is 1. The van der Waals surface area contributed by atoms with E-state index in [0.29, 0.717) is 11.7 Å². The summed E-state index contributed by atoms with van der Waals surface area (Å²) in [5.74, 6) is 2.25. The number of Topliss-reactive ketones (excluding diaryl/α,β-unsaturated/α-hetero) is 1. The van der Waals surface area contributed by atoms with Crippen molar-refractivity contribution >= 4 is 5.78 Å². The predicted molar refractivity (Wildman–Crippen MR) is 64.5 cm³/mol. The lowest BCUT2D eigenvalue weighted by molar-refractivity contribution is 0.0951. The summed E-state index contributed by atoms with van der Waals surface area (Å²) in [7, 11) is 0. The molecule has 0 aliphatic heterocycles. The first-order valence-electron chi connectivity index (χ1n) is 6.44. The van der Waals surface area contributed by atoms with Crippen LogP contribution in [0, 0.1) is 17.8 Å². The molecular weight excluding hydrogens is 196 g/mol. The van der Waals surface area contributed by atoms with Crippen molar-refractivity contribution < 1.29 is 4.79 Å². The van der Waals surface area contributed by atoms with Crippen molar-refractivity contribution in [2.24, 2.45) is 17.8 Å². The number of benzene rings is 1. The topological polar surface area (TPSA) is 17.1 Å². The van der Waals surface area contributed by atoms with Crippen molar-refractivity contribution in [1.82, 2.24) is 0 Å². The number of hydrogen-bond donors (Lipinski definition) is 0. The van der Waals surface area contributed by atoms with Crippen LogP contribution in [-0.2, 0) is 6.42 Å². The molecule has 0 heterocycles. The van der Waals surface area contributed by atoms with Gasteiger partial charge in [0.25, 0.3) is 0 Å². The minimum absolute atomic E-state index is 0.376. The van der Waals surface area contributed by atoms with Crippen LogP contribution in [0.1, 0.15) is 42.1 Å². The highest BCUT2D eigenvalue weighted by Gasteiger charge is 2.56. The summed E-state index contributed by atoms with van der Waals surface area (Å²) in [5.41, 5.74) is 2.24. The van der Waals surface area contributed by atoms with E-state index in [1.165, 1.54) is 24.8 Å². The zero-order valence-electron chi connectivity index (χ0n) is 9.78. The van der Waals surface area contributed by atoms with E-state index in [2.05, 4.69) is 19.1 Å². The maximum Gasteiger partial charge on any atom is 0.166 e. The predicted octanol–water partition coefficient (Wildman–Crippen LogP) is 3.48. The normalized spacial score (nSPS) is 31.2. The van der Waals surface area contributed by atoms with Crippen molar-refractivity contribution in [3.8, 4) is 0 Å². The second-order valence-electron chi connectivity index (χ2n) is 5.20. The van der Waals surface area contributed by atoms with Crippen molar-refractivity contribution in [3.63, 3.8) is 0 Å². The maximum atomic E-state index is 12.2. The minimum atomic E-state index is 0.376. The molecule has 2 saturated carbocycles. The number of hydrogen-bond acceptors (Lipinski definition) is 1. The van der Waals surface area contributed by atoms with Gasteiger partial charge in [0.2, 0.25) is 0 Å². The number of aryl methyl sites for hydroxylation is 1. The van der Waals surface area contributed by atoms with Crippen LogP contribution in [0.25, 0.3) is 0 Å². The van der Waals surface area contributed by atoms with Crippen molar-refractivity contribution in [2.45, 2.75) is 32.6 Å². The third-order valence-electron chi connectivity index (χ3n) is 4.36. The first-order valence-corrected chi connectivity index (χ1v) is 6.44. The van der Waals surface area contributed by atoms with Gasteiger partial charge in [0.15, 0.2) is 5.78 Å². The Kier molecular flexibility index (Phi) is 2.34. The maximum absolute atomic E-state index is 12.2. The van der Waals surface area contributed by atoms with E-state index in [9.17, 15) is 4.79 Å². The van der Waals surface area contributed by atoms with Gasteiger partial charge in [-0.1, -0.05) is 37.6 Å². The molecular formula is C15H18O. The molecule has 16 heavy (non-hydrogen) atoms. The van der Waals surface area contributed by atoms with Crippen LogP contribution < -0.4 is 0 Å². The molecule has 2 atom stereocenters. The molecule has 1 aromatic carbocycles. The average Bonchev–Trinajstić information content (AvgIpc) is 2.81. The molecule has 2 fully saturated rings. The van der Waals surface area contributed by atoms with Gasteiger partial charge in [-0.25, -0.2) is 0 Å². The summed E-state index contributed by atoms with van der Waals surface area (Å²) in [6.45, 7) is 2.14. The fourth-order valence-corrected chi connectivity index (χ4v) is 3.31. The molecule has 0 N–H and O–H groups in total. The van der Waals surface area contributed by atoms with Gasteiger partial charge in [-0.15, -0.1) is 0 Å². The molecule has 0 radical (unpaired) electrons. The van der Waals surface area contributed by atoms with Crippen molar-refractivity contribution in [1.29, 1.82) is 0 Å². The number of rotatable bonds is 3. The van der Waals surface area contributed by atoms with Crippen LogP contribution in [0.4, 0.5) is 0 Å². The van der Waals surface area contributed by atoms with Crippen LogP contribution >= 0.6 is 0 Å². The van der Waals surface area contributed by atoms with E-state index in [-0.39, 0.29) is 0 Å². The first-order chi connectivity index (χ1) is 7.81. The van der Waals surface area contributed by atoms with Crippen LogP contribution in [0.2, 0.25) is 0 Å². The zero-order valence-corrected chi connectivity index (χ0v) is 9.78. The van der Waals surface area contributed by atoms with E-state index in [1.54, 1.807) is 0 Å². The van der Waals surface area contributed by atoms with Crippen LogP contribution in [-0.4, -0.2) is 5.78 Å². The molecule has 0 bridgehead atoms. The molecule has 0 spiro atoms. The Labute approximate surface area is 96.9 Å². The van der Waals surface area contributed by atoms with Crippen LogP contribution in [0.15, 0.2) is 24.3 Å². The molecule has 0 saturated heterocycles. The third-order valence-corrected chi connectivity index (χ3v) is 4.36. The molecule has 2 unspecified atom stereocenters. The number of carbonyl (C=O) groups excluding carboxylic acids is 1. The lowest BCUT2D eigenvalue weighted by Gasteiger charge is -2.04. The molecule has 0 amide bonds. The molecule has 3 rings (SSSR count). The van der Waals surface area contributed by atoms with Crippen molar-refractivity contribution in [2.75, 3.05) is 0 Å². The van der Waals surface area contributed by atoms with E-state index in [4.69, 9.17) is 0 Å². The van der Waals surface area contributed by atoms with E-state index in [1.807, 2.05) is 12.1 Å². The van der Waals surface area contributed by atoms with E-state index in [0.717, 1.165) is 23.8 Å². The Balaban J connectivity index is 1.75. The highest BCUT2D eigenvalue weighted by atomic mass is 16.1. The van der Waals surface area contributed by atoms with Crippen molar-refractivity contribution in [3.05, 3.63) is 35.4 Å². The first kappa shape index (κ1) is 10.1. The Hall–Kier alpha value is -1.11. The Morgan fingerprint density at radius 2 is 1.81 bits per heavy atom. The highest BCUT2D eigenvalue weighted by Crippen LogP contribution is 2.58. The Morgan fingerprint density at radius 3 is 2.38 bits per heavy atom. The van der Waals surface area contributed by atoms with Crippen LogP contribution in [0.3, 0.4) is 0 Å². The average molecular weight is 214 g/mol. The quantitative estimate of drug-likeness (QED) is 0.704. The van der Waals surface area contributed by atoms with Gasteiger partial charge in [-0.05, 0) is 36.7 Å². The molecule has 2 aliphatic rings. The zero-order chi connectivity index (χ0) is 11.1. The molecule has 1 aromatic rings. The summed E-state index contributed by atoms with van der Waals surface area (Å²) in [4.78, 5) is 12.2. The second-order valence-corrected chi connectivity index (χ2v) is 5.20. The third kappa shape index (κ3) is 1.50. The fraction of sp³-hybridized carbons (Fsp3) is 0.533. The van der Waals surface area contributed by atoms with Gasteiger partial charge >= 0.3 is 0 Å². The van der Waals surface area contributed by atoms with Gasteiger partial charge in [0, 0.05) is 11.5 Å². The lowest BCUT2D eigenvalue weighted by Crippen LogP contribution is -2.06. The summed E-state index contributed by atoms with van der Waals surface area (Å²) in [6.07, 6.45) is 4.96. The largest absolute Gasteiger partial charge is 0.294 e. The molecule has 1 nitrogen and oxygen atoms in total. The lowest BCUT2D eigenvalue weighted by atomic mass is 10.00. The van der Waals surface area contributed by atoms with E-state index < -0.39 is 0 Å². The van der Waals surface area contributed by atoms with Crippen LogP contribution in [0.5, 0.6) is 0 Å². The van der Waals surface area contributed by atoms with Gasteiger partial charge in [-0.3, -0.25) is 4.79 Å². The fourth-order valence-electron chi connectivity index (χ4n) is 3.31. The molecule has 1 heteroatoms. The number of fused-ring (bicyclic) bond motifs is 1. The van der Waals surface area contributed by atoms with E-state index >= 15 is 0 Å². The monoisotopic (exact) mass is 214 g/mol. The van der Waals surface area contributed by atoms with Gasteiger partial charge < -0.3 is 0 Å². The number of carbonyl (C=O) groups is 1. The Bertz CT molecular complexity index is 394. The van der Waals surface area contributed by atoms with Gasteiger partial charge in [-0.2, -0.15) is 0 Å². The summed E-state index contributed by atoms with van der Waals surface area (Å²) >= 11 is 0. The standard InChI is InChI=1S/C15H18O/c1-2-10-6-8-11(9-7-10)15(16)14-12-4-3-5-13(12)14/h6-9,12-14H,2-5H2,1H3. The SMILES string of the molecule is CCc1ccc(C(=O)C2C3CCCC32)cc1. The minimum Gasteiger partial charge on any atom is -0.294 e. The molecule has 0 aromatic heterocycles. The molecule has 84 valence electrons. The highest BCUT2D eigenvalue weighted by molar-refractivity contribution is 6.00. The summed E-state index contributed by atoms with van der Waals surface area (Å²) in [6, 6.07) is 8.20. The Morgan fingerprint density at radius 1 is 1.19 bits per heavy atom. The second kappa shape index (κ2) is 3.73. The summed E-state index contributed by atoms with van der Waals surface area (Å²) in [5, 5.41) is 0. The molecule has 2 aliphatic carbocycles.